The molecule has 1 heterocycles. The van der Waals surface area contributed by atoms with Crippen LogP contribution in [0, 0.1) is 6.92 Å². The van der Waals surface area contributed by atoms with Gasteiger partial charge in [-0.25, -0.2) is 4.79 Å². The summed E-state index contributed by atoms with van der Waals surface area (Å²) < 4.78 is 2.35. The highest BCUT2D eigenvalue weighted by molar-refractivity contribution is 5.97. The summed E-state index contributed by atoms with van der Waals surface area (Å²) in [6, 6.07) is 3.72. The largest absolute Gasteiger partial charge is 0.478 e. The third-order valence-electron chi connectivity index (χ3n) is 4.54. The lowest BCUT2D eigenvalue weighted by molar-refractivity contribution is 0.0697. The Kier molecular flexibility index (Phi) is 4.94. The second-order valence-corrected chi connectivity index (χ2v) is 6.33. The van der Waals surface area contributed by atoms with E-state index >= 15 is 0 Å². The van der Waals surface area contributed by atoms with Gasteiger partial charge in [0.05, 0.1) is 11.1 Å². The van der Waals surface area contributed by atoms with Gasteiger partial charge in [0.2, 0.25) is 0 Å². The number of carboxylic acids is 1. The lowest BCUT2D eigenvalue weighted by Gasteiger charge is -2.13. The van der Waals surface area contributed by atoms with Gasteiger partial charge in [-0.05, 0) is 55.9 Å². The van der Waals surface area contributed by atoms with E-state index in [2.05, 4.69) is 39.2 Å². The van der Waals surface area contributed by atoms with Crippen molar-refractivity contribution in [3.05, 3.63) is 34.5 Å². The van der Waals surface area contributed by atoms with E-state index in [-0.39, 0.29) is 0 Å². The molecule has 0 atom stereocenters. The first-order valence-electron chi connectivity index (χ1n) is 8.31. The number of nitrogens with zero attached hydrogens (tertiary/aromatic N) is 1. The molecule has 1 aromatic heterocycles. The van der Waals surface area contributed by atoms with E-state index in [0.29, 0.717) is 11.5 Å². The van der Waals surface area contributed by atoms with Crippen molar-refractivity contribution in [3.63, 3.8) is 0 Å². The zero-order chi connectivity index (χ0) is 16.4. The van der Waals surface area contributed by atoms with Crippen molar-refractivity contribution in [2.75, 3.05) is 0 Å². The highest BCUT2D eigenvalue weighted by Crippen LogP contribution is 2.34. The maximum absolute atomic E-state index is 11.5. The molecule has 22 heavy (non-hydrogen) atoms. The zero-order valence-electron chi connectivity index (χ0n) is 14.4. The molecule has 0 aliphatic carbocycles. The van der Waals surface area contributed by atoms with Crippen molar-refractivity contribution in [3.8, 4) is 0 Å². The predicted octanol–water partition coefficient (Wildman–Crippen LogP) is 5.13. The molecule has 1 aromatic carbocycles. The van der Waals surface area contributed by atoms with Gasteiger partial charge in [-0.15, -0.1) is 0 Å². The number of rotatable bonds is 6. The Hall–Kier alpha value is -1.77. The zero-order valence-corrected chi connectivity index (χ0v) is 14.4. The van der Waals surface area contributed by atoms with E-state index in [0.717, 1.165) is 36.8 Å². The molecule has 0 saturated carbocycles. The Bertz CT molecular complexity index is 695. The van der Waals surface area contributed by atoms with E-state index in [1.807, 2.05) is 12.1 Å². The van der Waals surface area contributed by atoms with Crippen LogP contribution in [0.2, 0.25) is 0 Å². The highest BCUT2D eigenvalue weighted by atomic mass is 16.4. The van der Waals surface area contributed by atoms with E-state index in [9.17, 15) is 9.90 Å². The number of aromatic carboxylic acids is 1. The van der Waals surface area contributed by atoms with Crippen molar-refractivity contribution in [1.82, 2.24) is 4.57 Å². The first kappa shape index (κ1) is 16.6. The van der Waals surface area contributed by atoms with Gasteiger partial charge in [0.25, 0.3) is 0 Å². The van der Waals surface area contributed by atoms with Gasteiger partial charge >= 0.3 is 5.97 Å². The van der Waals surface area contributed by atoms with Gasteiger partial charge in [-0.1, -0.05) is 27.2 Å². The topological polar surface area (TPSA) is 42.2 Å². The van der Waals surface area contributed by atoms with Crippen LogP contribution in [-0.2, 0) is 13.0 Å². The lowest BCUT2D eigenvalue weighted by atomic mass is 9.95. The van der Waals surface area contributed by atoms with Gasteiger partial charge in [0, 0.05) is 17.6 Å². The van der Waals surface area contributed by atoms with Crippen molar-refractivity contribution < 1.29 is 9.90 Å². The van der Waals surface area contributed by atoms with Crippen LogP contribution in [0.3, 0.4) is 0 Å². The number of aryl methyl sites for hydroxylation is 2. The van der Waals surface area contributed by atoms with Crippen LogP contribution in [0.25, 0.3) is 10.9 Å². The highest BCUT2D eigenvalue weighted by Gasteiger charge is 2.20. The predicted molar refractivity (Wildman–Crippen MR) is 92.0 cm³/mol. The van der Waals surface area contributed by atoms with Crippen LogP contribution in [0.1, 0.15) is 73.6 Å². The van der Waals surface area contributed by atoms with Gasteiger partial charge < -0.3 is 9.67 Å². The van der Waals surface area contributed by atoms with Crippen LogP contribution in [0.4, 0.5) is 0 Å². The molecule has 0 spiro atoms. The molecule has 0 unspecified atom stereocenters. The average molecular weight is 301 g/mol. The molecule has 2 aromatic rings. The molecule has 0 saturated heterocycles. The first-order valence-corrected chi connectivity index (χ1v) is 8.31. The van der Waals surface area contributed by atoms with Gasteiger partial charge in [-0.2, -0.15) is 0 Å². The summed E-state index contributed by atoms with van der Waals surface area (Å²) in [6.07, 6.45) is 3.30. The number of unbranched alkanes of at least 4 members (excludes halogenated alkanes) is 1. The van der Waals surface area contributed by atoms with Gasteiger partial charge in [0.1, 0.15) is 0 Å². The summed E-state index contributed by atoms with van der Waals surface area (Å²) in [5.74, 6) is -0.535. The molecule has 0 bridgehead atoms. The number of fused-ring (bicyclic) bond motifs is 1. The van der Waals surface area contributed by atoms with Crippen LogP contribution in [0.5, 0.6) is 0 Å². The summed E-state index contributed by atoms with van der Waals surface area (Å²) in [4.78, 5) is 11.5. The summed E-state index contributed by atoms with van der Waals surface area (Å²) in [7, 11) is 0. The third-order valence-corrected chi connectivity index (χ3v) is 4.54. The molecule has 0 aliphatic heterocycles. The molecular formula is C19H27NO2. The van der Waals surface area contributed by atoms with E-state index < -0.39 is 5.97 Å². The smallest absolute Gasteiger partial charge is 0.335 e. The summed E-state index contributed by atoms with van der Waals surface area (Å²) in [6.45, 7) is 11.7. The molecule has 120 valence electrons. The van der Waals surface area contributed by atoms with Crippen molar-refractivity contribution in [2.45, 2.75) is 66.3 Å². The second-order valence-electron chi connectivity index (χ2n) is 6.33. The van der Waals surface area contributed by atoms with E-state index in [4.69, 9.17) is 0 Å². The first-order chi connectivity index (χ1) is 10.4. The fourth-order valence-electron chi connectivity index (χ4n) is 3.34. The SMILES string of the molecule is CCCCc1c(C)n(CC)c2c(C(C)C)cc(C(=O)O)cc12. The number of hydrogen-bond donors (Lipinski definition) is 1. The molecule has 3 heteroatoms. The van der Waals surface area contributed by atoms with E-state index in [1.54, 1.807) is 0 Å². The molecule has 0 radical (unpaired) electrons. The second kappa shape index (κ2) is 6.55. The van der Waals surface area contributed by atoms with Crippen LogP contribution >= 0.6 is 0 Å². The Morgan fingerprint density at radius 1 is 1.27 bits per heavy atom. The fraction of sp³-hybridized carbons (Fsp3) is 0.526. The lowest BCUT2D eigenvalue weighted by Crippen LogP contribution is -2.03. The monoisotopic (exact) mass is 301 g/mol. The van der Waals surface area contributed by atoms with Gasteiger partial charge in [-0.3, -0.25) is 0 Å². The minimum atomic E-state index is -0.841. The fourth-order valence-corrected chi connectivity index (χ4v) is 3.34. The molecule has 0 fully saturated rings. The van der Waals surface area contributed by atoms with Crippen LogP contribution in [-0.4, -0.2) is 15.6 Å². The van der Waals surface area contributed by atoms with Crippen molar-refractivity contribution >= 4 is 16.9 Å². The Labute approximate surface area is 133 Å². The Morgan fingerprint density at radius 2 is 1.95 bits per heavy atom. The molecule has 3 nitrogen and oxygen atoms in total. The molecular weight excluding hydrogens is 274 g/mol. The minimum absolute atomic E-state index is 0.306. The summed E-state index contributed by atoms with van der Waals surface area (Å²) >= 11 is 0. The summed E-state index contributed by atoms with van der Waals surface area (Å²) in [5.41, 5.74) is 5.38. The molecule has 2 rings (SSSR count). The molecule has 1 N–H and O–H groups in total. The maximum atomic E-state index is 11.5. The maximum Gasteiger partial charge on any atom is 0.335 e. The van der Waals surface area contributed by atoms with E-state index in [1.165, 1.54) is 16.8 Å². The minimum Gasteiger partial charge on any atom is -0.478 e. The Balaban J connectivity index is 2.84. The Morgan fingerprint density at radius 3 is 2.45 bits per heavy atom. The quantitative estimate of drug-likeness (QED) is 0.803. The summed E-state index contributed by atoms with van der Waals surface area (Å²) in [5, 5.41) is 10.6. The number of hydrogen-bond acceptors (Lipinski definition) is 1. The third kappa shape index (κ3) is 2.77. The molecule has 0 aliphatic rings. The number of aromatic nitrogens is 1. The van der Waals surface area contributed by atoms with Crippen molar-refractivity contribution in [1.29, 1.82) is 0 Å². The van der Waals surface area contributed by atoms with Crippen molar-refractivity contribution in [2.24, 2.45) is 0 Å². The standard InChI is InChI=1S/C19H27NO2/c1-6-8-9-15-13(5)20(7-2)18-16(12(3)4)10-14(19(21)22)11-17(15)18/h10-12H,6-9H2,1-5H3,(H,21,22). The molecule has 0 amide bonds. The van der Waals surface area contributed by atoms with Crippen LogP contribution < -0.4 is 0 Å². The average Bonchev–Trinajstić information content (AvgIpc) is 2.75. The normalized spacial score (nSPS) is 11.5. The van der Waals surface area contributed by atoms with Crippen LogP contribution in [0.15, 0.2) is 12.1 Å². The number of carboxylic acid groups (broad SMARTS) is 1. The number of carbonyl (C=O) groups is 1. The van der Waals surface area contributed by atoms with Gasteiger partial charge in [0.15, 0.2) is 0 Å². The number of benzene rings is 1.